The van der Waals surface area contributed by atoms with E-state index in [2.05, 4.69) is 8.83 Å². The van der Waals surface area contributed by atoms with E-state index < -0.39 is 42.5 Å². The maximum Gasteiger partial charge on any atom is 0.518 e. The van der Waals surface area contributed by atoms with E-state index in [1.54, 1.807) is 13.8 Å². The van der Waals surface area contributed by atoms with E-state index in [1.807, 2.05) is 0 Å². The highest BCUT2D eigenvalue weighted by molar-refractivity contribution is 5.64. The zero-order chi connectivity index (χ0) is 14.7. The van der Waals surface area contributed by atoms with Crippen LogP contribution in [-0.2, 0) is 18.9 Å². The quantitative estimate of drug-likeness (QED) is 0.699. The maximum absolute atomic E-state index is 10.8. The number of rotatable bonds is 1. The molecule has 1 aromatic rings. The molecule has 0 aliphatic carbocycles. The standard InChI is InChI=1S/C8H10O6.C3H2O3/c1-3-5(13-7(9)11-3)6-4(2)12-8(10)14-6;4-3-5-1-2-6-3/h3-6H,1-2H3;1-2H. The van der Waals surface area contributed by atoms with Gasteiger partial charge in [-0.3, -0.25) is 0 Å². The first kappa shape index (κ1) is 14.0. The van der Waals surface area contributed by atoms with Crippen molar-refractivity contribution in [1.29, 1.82) is 0 Å². The van der Waals surface area contributed by atoms with Gasteiger partial charge in [-0.05, 0) is 13.8 Å². The second-order valence-corrected chi connectivity index (χ2v) is 4.07. The Morgan fingerprint density at radius 3 is 1.35 bits per heavy atom. The molecule has 2 aliphatic rings. The third-order valence-electron chi connectivity index (χ3n) is 2.66. The third-order valence-corrected chi connectivity index (χ3v) is 2.66. The van der Waals surface area contributed by atoms with Gasteiger partial charge in [-0.1, -0.05) is 0 Å². The van der Waals surface area contributed by atoms with Gasteiger partial charge in [0.25, 0.3) is 0 Å². The summed E-state index contributed by atoms with van der Waals surface area (Å²) in [5.41, 5.74) is 0. The average Bonchev–Trinajstić information content (AvgIpc) is 3.03. The SMILES string of the molecule is CC1OC(=O)OC1C1OC(=O)OC1C.O=c1occo1. The van der Waals surface area contributed by atoms with Gasteiger partial charge in [0, 0.05) is 0 Å². The summed E-state index contributed by atoms with van der Waals surface area (Å²) in [6.45, 7) is 3.35. The predicted octanol–water partition coefficient (Wildman–Crippen LogP) is 1.07. The molecule has 0 aromatic carbocycles. The molecule has 0 N–H and O–H groups in total. The van der Waals surface area contributed by atoms with Gasteiger partial charge in [-0.15, -0.1) is 0 Å². The van der Waals surface area contributed by atoms with Crippen LogP contribution in [0.3, 0.4) is 0 Å². The lowest BCUT2D eigenvalue weighted by Crippen LogP contribution is -2.39. The van der Waals surface area contributed by atoms with E-state index in [4.69, 9.17) is 18.9 Å². The highest BCUT2D eigenvalue weighted by Crippen LogP contribution is 2.27. The number of carbonyl (C=O) groups excluding carboxylic acids is 2. The van der Waals surface area contributed by atoms with Gasteiger partial charge in [0.1, 0.15) is 24.7 Å². The fourth-order valence-electron chi connectivity index (χ4n) is 1.77. The van der Waals surface area contributed by atoms with Crippen LogP contribution in [0.15, 0.2) is 26.2 Å². The zero-order valence-corrected chi connectivity index (χ0v) is 10.6. The fourth-order valence-corrected chi connectivity index (χ4v) is 1.77. The van der Waals surface area contributed by atoms with Crippen LogP contribution in [0.1, 0.15) is 13.8 Å². The average molecular weight is 288 g/mol. The molecular formula is C11H12O9. The summed E-state index contributed by atoms with van der Waals surface area (Å²) in [6.07, 6.45) is -1.12. The van der Waals surface area contributed by atoms with Gasteiger partial charge in [0.05, 0.1) is 0 Å². The minimum Gasteiger partial charge on any atom is -0.427 e. The molecule has 0 spiro atoms. The number of ether oxygens (including phenoxy) is 4. The molecule has 2 fully saturated rings. The van der Waals surface area contributed by atoms with Crippen molar-refractivity contribution in [2.75, 3.05) is 0 Å². The van der Waals surface area contributed by atoms with E-state index in [1.165, 1.54) is 12.5 Å². The molecule has 0 amide bonds. The molecule has 0 radical (unpaired) electrons. The van der Waals surface area contributed by atoms with Gasteiger partial charge in [-0.2, -0.15) is 0 Å². The summed E-state index contributed by atoms with van der Waals surface area (Å²) in [5, 5.41) is 0. The molecule has 9 nitrogen and oxygen atoms in total. The van der Waals surface area contributed by atoms with Gasteiger partial charge in [0.2, 0.25) is 0 Å². The first-order valence-corrected chi connectivity index (χ1v) is 5.74. The normalized spacial score (nSPS) is 31.5. The van der Waals surface area contributed by atoms with Crippen LogP contribution < -0.4 is 5.82 Å². The number of hydrogen-bond donors (Lipinski definition) is 0. The van der Waals surface area contributed by atoms with Crippen LogP contribution in [0, 0.1) is 0 Å². The van der Waals surface area contributed by atoms with Crippen molar-refractivity contribution in [3.05, 3.63) is 23.1 Å². The maximum atomic E-state index is 10.8. The molecule has 3 heterocycles. The van der Waals surface area contributed by atoms with Gasteiger partial charge >= 0.3 is 18.1 Å². The molecular weight excluding hydrogens is 276 g/mol. The molecule has 4 unspecified atom stereocenters. The van der Waals surface area contributed by atoms with Crippen LogP contribution in [0.5, 0.6) is 0 Å². The summed E-state index contributed by atoms with van der Waals surface area (Å²) >= 11 is 0. The van der Waals surface area contributed by atoms with Crippen LogP contribution >= 0.6 is 0 Å². The molecule has 20 heavy (non-hydrogen) atoms. The van der Waals surface area contributed by atoms with Crippen molar-refractivity contribution in [1.82, 2.24) is 0 Å². The van der Waals surface area contributed by atoms with E-state index in [0.29, 0.717) is 0 Å². The van der Waals surface area contributed by atoms with Crippen molar-refractivity contribution >= 4 is 12.3 Å². The van der Waals surface area contributed by atoms with Crippen LogP contribution in [-0.4, -0.2) is 36.7 Å². The lowest BCUT2D eigenvalue weighted by molar-refractivity contribution is 0.0156. The van der Waals surface area contributed by atoms with Crippen molar-refractivity contribution in [2.24, 2.45) is 0 Å². The lowest BCUT2D eigenvalue weighted by Gasteiger charge is -2.18. The largest absolute Gasteiger partial charge is 0.518 e. The number of hydrogen-bond acceptors (Lipinski definition) is 9. The monoisotopic (exact) mass is 288 g/mol. The Hall–Kier alpha value is -2.45. The summed E-state index contributed by atoms with van der Waals surface area (Å²) in [7, 11) is 0. The third kappa shape index (κ3) is 3.11. The van der Waals surface area contributed by atoms with Crippen molar-refractivity contribution < 1.29 is 37.4 Å². The van der Waals surface area contributed by atoms with Gasteiger partial charge in [0.15, 0.2) is 12.2 Å². The minimum atomic E-state index is -0.738. The predicted molar refractivity (Wildman–Crippen MR) is 58.9 cm³/mol. The molecule has 2 saturated heterocycles. The second-order valence-electron chi connectivity index (χ2n) is 4.07. The van der Waals surface area contributed by atoms with Crippen LogP contribution in [0.4, 0.5) is 9.59 Å². The first-order valence-electron chi connectivity index (χ1n) is 5.74. The molecule has 0 saturated carbocycles. The Balaban J connectivity index is 0.000000205. The Bertz CT molecular complexity index is 485. The highest BCUT2D eigenvalue weighted by Gasteiger charge is 2.48. The van der Waals surface area contributed by atoms with Crippen LogP contribution in [0.25, 0.3) is 0 Å². The molecule has 0 bridgehead atoms. The summed E-state index contributed by atoms with van der Waals surface area (Å²) in [5.74, 6) is -0.657. The Morgan fingerprint density at radius 2 is 1.15 bits per heavy atom. The Morgan fingerprint density at radius 1 is 0.750 bits per heavy atom. The van der Waals surface area contributed by atoms with Crippen LogP contribution in [0.2, 0.25) is 0 Å². The Kier molecular flexibility index (Phi) is 3.97. The molecule has 2 aliphatic heterocycles. The molecule has 3 rings (SSSR count). The molecule has 110 valence electrons. The number of cyclic esters (lactones) is 4. The van der Waals surface area contributed by atoms with Gasteiger partial charge in [-0.25, -0.2) is 14.4 Å². The fraction of sp³-hybridized carbons (Fsp3) is 0.545. The van der Waals surface area contributed by atoms with E-state index >= 15 is 0 Å². The minimum absolute atomic E-state index is 0.426. The highest BCUT2D eigenvalue weighted by atomic mass is 16.8. The van der Waals surface area contributed by atoms with Crippen molar-refractivity contribution in [3.63, 3.8) is 0 Å². The zero-order valence-electron chi connectivity index (χ0n) is 10.6. The molecule has 1 aromatic heterocycles. The summed E-state index contributed by atoms with van der Waals surface area (Å²) < 4.78 is 27.5. The first-order chi connectivity index (χ1) is 9.47. The summed E-state index contributed by atoms with van der Waals surface area (Å²) in [4.78, 5) is 31.3. The lowest BCUT2D eigenvalue weighted by atomic mass is 10.1. The molecule has 9 heteroatoms. The van der Waals surface area contributed by atoms with E-state index in [9.17, 15) is 14.4 Å². The molecule has 4 atom stereocenters. The van der Waals surface area contributed by atoms with E-state index in [0.717, 1.165) is 0 Å². The van der Waals surface area contributed by atoms with Gasteiger partial charge < -0.3 is 27.8 Å². The smallest absolute Gasteiger partial charge is 0.427 e. The van der Waals surface area contributed by atoms with E-state index in [-0.39, 0.29) is 0 Å². The van der Waals surface area contributed by atoms with Crippen molar-refractivity contribution in [2.45, 2.75) is 38.3 Å². The Labute approximate surface area is 112 Å². The number of carbonyl (C=O) groups is 2. The summed E-state index contributed by atoms with van der Waals surface area (Å²) in [6, 6.07) is 0. The second kappa shape index (κ2) is 5.68. The van der Waals surface area contributed by atoms with Crippen molar-refractivity contribution in [3.8, 4) is 0 Å². The topological polar surface area (TPSA) is 114 Å².